The van der Waals surface area contributed by atoms with Crippen LogP contribution in [-0.2, 0) is 24.3 Å². The second kappa shape index (κ2) is 14.6. The van der Waals surface area contributed by atoms with Crippen LogP contribution in [0.2, 0.25) is 0 Å². The molecule has 0 bridgehead atoms. The summed E-state index contributed by atoms with van der Waals surface area (Å²) in [4.78, 5) is 23.8. The minimum Gasteiger partial charge on any atom is -0.497 e. The van der Waals surface area contributed by atoms with Gasteiger partial charge in [0.05, 0.1) is 18.5 Å². The van der Waals surface area contributed by atoms with E-state index in [1.54, 1.807) is 12.1 Å². The first-order valence-corrected chi connectivity index (χ1v) is 14.4. The summed E-state index contributed by atoms with van der Waals surface area (Å²) in [6.07, 6.45) is -2.66. The number of hydrogen-bond acceptors (Lipinski definition) is 8. The van der Waals surface area contributed by atoms with Crippen molar-refractivity contribution < 1.29 is 36.9 Å². The molecule has 2 aromatic carbocycles. The summed E-state index contributed by atoms with van der Waals surface area (Å²) in [5.74, 6) is -0.637. The van der Waals surface area contributed by atoms with E-state index in [0.717, 1.165) is 75.0 Å². The summed E-state index contributed by atoms with van der Waals surface area (Å²) in [5.41, 5.74) is 3.46. The molecule has 13 heteroatoms. The van der Waals surface area contributed by atoms with Gasteiger partial charge >= 0.3 is 12.1 Å². The highest BCUT2D eigenvalue weighted by molar-refractivity contribution is 5.73. The Hall–Kier alpha value is -4.13. The number of ether oxygens (including phenoxy) is 2. The van der Waals surface area contributed by atoms with Gasteiger partial charge in [0.2, 0.25) is 0 Å². The van der Waals surface area contributed by atoms with Crippen LogP contribution >= 0.6 is 0 Å². The highest BCUT2D eigenvalue weighted by atomic mass is 19.4. The molecule has 0 saturated carbocycles. The van der Waals surface area contributed by atoms with Crippen molar-refractivity contribution in [2.45, 2.75) is 64.5 Å². The van der Waals surface area contributed by atoms with E-state index >= 15 is 0 Å². The molecule has 1 fully saturated rings. The van der Waals surface area contributed by atoms with Crippen LogP contribution in [0.3, 0.4) is 0 Å². The molecular weight excluding hydrogens is 582 g/mol. The number of hydrogen-bond donors (Lipinski definition) is 2. The minimum absolute atomic E-state index is 0.0437. The summed E-state index contributed by atoms with van der Waals surface area (Å²) in [5, 5.41) is 10.7. The fourth-order valence-corrected chi connectivity index (χ4v) is 5.01. The molecule has 9 nitrogen and oxygen atoms in total. The number of carbonyl (C=O) groups is 1. The normalized spacial score (nSPS) is 15.7. The third-order valence-corrected chi connectivity index (χ3v) is 7.16. The van der Waals surface area contributed by atoms with E-state index in [1.807, 2.05) is 0 Å². The number of aromatic nitrogens is 2. The number of benzene rings is 2. The predicted octanol–water partition coefficient (Wildman–Crippen LogP) is 5.68. The van der Waals surface area contributed by atoms with Crippen LogP contribution in [0.15, 0.2) is 48.5 Å². The van der Waals surface area contributed by atoms with Crippen LogP contribution < -0.4 is 19.7 Å². The number of piperidine rings is 1. The number of alkyl halides is 3. The van der Waals surface area contributed by atoms with Gasteiger partial charge in [-0.05, 0) is 31.5 Å². The molecule has 0 amide bonds. The standard InChI is InChI=1S/C29H36FN5O2.C2HF3O2/c1-20(2)31-28-29(33-25-13-14-34(19-26(25)32-28)18-21-7-5-4-6-8-21)35-15-11-22(12-16-35)37-27-10-9-23(36-3)17-24(27)30;3-2(4,5)1(6)7/h4-10,17,20,22H,11-16,18-19H2,1-3H3,(H,31,32);(H,6,7). The van der Waals surface area contributed by atoms with Gasteiger partial charge in [0.15, 0.2) is 23.2 Å². The van der Waals surface area contributed by atoms with Gasteiger partial charge in [-0.25, -0.2) is 19.2 Å². The molecule has 0 spiro atoms. The molecule has 2 N–H and O–H groups in total. The van der Waals surface area contributed by atoms with Gasteiger partial charge in [0.25, 0.3) is 0 Å². The van der Waals surface area contributed by atoms with E-state index in [1.165, 1.54) is 18.7 Å². The molecule has 2 aliphatic heterocycles. The topological polar surface area (TPSA) is 100 Å². The van der Waals surface area contributed by atoms with Crippen LogP contribution in [-0.4, -0.2) is 71.0 Å². The van der Waals surface area contributed by atoms with Gasteiger partial charge in [-0.3, -0.25) is 4.90 Å². The molecule has 0 unspecified atom stereocenters. The van der Waals surface area contributed by atoms with Crippen molar-refractivity contribution in [3.63, 3.8) is 0 Å². The fourth-order valence-electron chi connectivity index (χ4n) is 5.01. The number of carboxylic acid groups (broad SMARTS) is 1. The third kappa shape index (κ3) is 8.94. The summed E-state index contributed by atoms with van der Waals surface area (Å²) in [7, 11) is 1.53. The Kier molecular flexibility index (Phi) is 10.8. The Labute approximate surface area is 253 Å². The average molecular weight is 620 g/mol. The van der Waals surface area contributed by atoms with Crippen LogP contribution in [0, 0.1) is 5.82 Å². The molecule has 0 radical (unpaired) electrons. The number of anilines is 2. The van der Waals surface area contributed by atoms with Crippen LogP contribution in [0.25, 0.3) is 0 Å². The van der Waals surface area contributed by atoms with Crippen molar-refractivity contribution in [3.05, 3.63) is 71.3 Å². The number of aliphatic carboxylic acids is 1. The number of nitrogens with one attached hydrogen (secondary N) is 1. The second-order valence-electron chi connectivity index (χ2n) is 10.9. The third-order valence-electron chi connectivity index (χ3n) is 7.16. The first-order valence-electron chi connectivity index (χ1n) is 14.4. The molecule has 0 aliphatic carbocycles. The first-order chi connectivity index (χ1) is 20.9. The monoisotopic (exact) mass is 619 g/mol. The van der Waals surface area contributed by atoms with Crippen molar-refractivity contribution in [2.75, 3.05) is 37.0 Å². The van der Waals surface area contributed by atoms with E-state index < -0.39 is 18.0 Å². The number of methoxy groups -OCH3 is 1. The van der Waals surface area contributed by atoms with Crippen LogP contribution in [0.1, 0.15) is 43.6 Å². The molecule has 44 heavy (non-hydrogen) atoms. The van der Waals surface area contributed by atoms with Gasteiger partial charge in [0.1, 0.15) is 11.9 Å². The molecule has 2 aliphatic rings. The summed E-state index contributed by atoms with van der Waals surface area (Å²) in [6, 6.07) is 15.5. The Morgan fingerprint density at radius 1 is 1.07 bits per heavy atom. The maximum atomic E-state index is 14.4. The summed E-state index contributed by atoms with van der Waals surface area (Å²) < 4.78 is 57.2. The quantitative estimate of drug-likeness (QED) is 0.309. The number of fused-ring (bicyclic) bond motifs is 1. The van der Waals surface area contributed by atoms with Gasteiger partial charge in [-0.2, -0.15) is 13.2 Å². The lowest BCUT2D eigenvalue weighted by molar-refractivity contribution is -0.192. The lowest BCUT2D eigenvalue weighted by atomic mass is 10.1. The number of carboxylic acids is 1. The molecule has 1 saturated heterocycles. The van der Waals surface area contributed by atoms with E-state index in [9.17, 15) is 17.6 Å². The molecule has 3 aromatic rings. The molecule has 0 atom stereocenters. The highest BCUT2D eigenvalue weighted by Crippen LogP contribution is 2.31. The molecule has 3 heterocycles. The highest BCUT2D eigenvalue weighted by Gasteiger charge is 2.38. The van der Waals surface area contributed by atoms with Crippen LogP contribution in [0.5, 0.6) is 11.5 Å². The first kappa shape index (κ1) is 32.8. The fraction of sp³-hybridized carbons (Fsp3) is 0.452. The van der Waals surface area contributed by atoms with Gasteiger partial charge < -0.3 is 24.8 Å². The van der Waals surface area contributed by atoms with E-state index in [0.29, 0.717) is 5.75 Å². The second-order valence-corrected chi connectivity index (χ2v) is 10.9. The zero-order chi connectivity index (χ0) is 31.9. The molecule has 1 aromatic heterocycles. The van der Waals surface area contributed by atoms with E-state index in [2.05, 4.69) is 59.3 Å². The zero-order valence-electron chi connectivity index (χ0n) is 24.9. The maximum absolute atomic E-state index is 14.4. The van der Waals surface area contributed by atoms with E-state index in [4.69, 9.17) is 29.3 Å². The van der Waals surface area contributed by atoms with Gasteiger partial charge in [-0.1, -0.05) is 30.3 Å². The van der Waals surface area contributed by atoms with Gasteiger partial charge in [-0.15, -0.1) is 0 Å². The average Bonchev–Trinajstić information content (AvgIpc) is 2.98. The van der Waals surface area contributed by atoms with Crippen molar-refractivity contribution in [1.82, 2.24) is 14.9 Å². The minimum atomic E-state index is -5.08. The van der Waals surface area contributed by atoms with Crippen molar-refractivity contribution in [3.8, 4) is 11.5 Å². The Morgan fingerprint density at radius 2 is 1.75 bits per heavy atom. The lowest BCUT2D eigenvalue weighted by Crippen LogP contribution is -2.40. The Morgan fingerprint density at radius 3 is 2.34 bits per heavy atom. The molecular formula is C31H37F4N5O4. The summed E-state index contributed by atoms with van der Waals surface area (Å²) in [6.45, 7) is 8.49. The lowest BCUT2D eigenvalue weighted by Gasteiger charge is -2.35. The largest absolute Gasteiger partial charge is 0.497 e. The predicted molar refractivity (Wildman–Crippen MR) is 158 cm³/mol. The number of nitrogens with zero attached hydrogens (tertiary/aromatic N) is 4. The molecule has 238 valence electrons. The zero-order valence-corrected chi connectivity index (χ0v) is 24.9. The van der Waals surface area contributed by atoms with Gasteiger partial charge in [0, 0.05) is 64.1 Å². The summed E-state index contributed by atoms with van der Waals surface area (Å²) >= 11 is 0. The SMILES string of the molecule is COc1ccc(OC2CCN(c3nc4c(nc3NC(C)C)CN(Cc3ccccc3)CC4)CC2)c(F)c1.O=C(O)C(F)(F)F. The Balaban J connectivity index is 0.000000566. The Bertz CT molecular complexity index is 1400. The van der Waals surface area contributed by atoms with Crippen molar-refractivity contribution >= 4 is 17.6 Å². The smallest absolute Gasteiger partial charge is 0.490 e. The van der Waals surface area contributed by atoms with Crippen molar-refractivity contribution in [1.29, 1.82) is 0 Å². The van der Waals surface area contributed by atoms with E-state index in [-0.39, 0.29) is 17.9 Å². The molecule has 5 rings (SSSR count). The van der Waals surface area contributed by atoms with Crippen molar-refractivity contribution in [2.24, 2.45) is 0 Å². The maximum Gasteiger partial charge on any atom is 0.490 e. The number of rotatable bonds is 8. The van der Waals surface area contributed by atoms with Crippen LogP contribution in [0.4, 0.5) is 29.2 Å². The number of halogens is 4.